The van der Waals surface area contributed by atoms with E-state index in [1.807, 2.05) is 18.3 Å². The molecule has 2 aromatic heterocycles. The summed E-state index contributed by atoms with van der Waals surface area (Å²) in [6.07, 6.45) is 4.96. The average molecular weight is 429 g/mol. The molecule has 1 aliphatic carbocycles. The highest BCUT2D eigenvalue weighted by atomic mass is 32.1. The summed E-state index contributed by atoms with van der Waals surface area (Å²) < 4.78 is 0. The molecule has 0 unspecified atom stereocenters. The van der Waals surface area contributed by atoms with E-state index in [2.05, 4.69) is 61.7 Å². The maximum absolute atomic E-state index is 5.61. The van der Waals surface area contributed by atoms with Gasteiger partial charge in [0.25, 0.3) is 0 Å². The highest BCUT2D eigenvalue weighted by Gasteiger charge is 2.52. The largest absolute Gasteiger partial charge is 0.355 e. The zero-order chi connectivity index (χ0) is 20.8. The highest BCUT2D eigenvalue weighted by molar-refractivity contribution is 7.80. The van der Waals surface area contributed by atoms with Crippen molar-refractivity contribution in [3.05, 3.63) is 66.0 Å². The normalized spacial score (nSPS) is 20.3. The van der Waals surface area contributed by atoms with Crippen LogP contribution in [-0.4, -0.2) is 51.9 Å². The van der Waals surface area contributed by atoms with E-state index >= 15 is 0 Å². The molecule has 6 nitrogen and oxygen atoms in total. The van der Waals surface area contributed by atoms with Crippen LogP contribution in [-0.2, 0) is 6.42 Å². The van der Waals surface area contributed by atoms with Crippen molar-refractivity contribution in [2.45, 2.75) is 19.3 Å². The summed E-state index contributed by atoms with van der Waals surface area (Å²) in [7, 11) is 0. The number of thiocarbonyl (C=S) groups is 1. The fourth-order valence-electron chi connectivity index (χ4n) is 5.02. The Morgan fingerprint density at radius 1 is 1.00 bits per heavy atom. The van der Waals surface area contributed by atoms with Gasteiger partial charge in [0.15, 0.2) is 5.11 Å². The molecule has 1 spiro atoms. The number of aryl methyl sites for hydroxylation is 1. The van der Waals surface area contributed by atoms with Gasteiger partial charge in [0.05, 0.1) is 16.9 Å². The van der Waals surface area contributed by atoms with Crippen LogP contribution in [0.25, 0.3) is 10.9 Å². The second kappa shape index (κ2) is 7.27. The van der Waals surface area contributed by atoms with Crippen LogP contribution >= 0.6 is 12.2 Å². The molecule has 2 aliphatic heterocycles. The van der Waals surface area contributed by atoms with Gasteiger partial charge in [0, 0.05) is 43.2 Å². The third-order valence-corrected chi connectivity index (χ3v) is 6.96. The number of hydrazone groups is 1. The molecule has 0 amide bonds. The van der Waals surface area contributed by atoms with Crippen LogP contribution in [0.1, 0.15) is 24.1 Å². The van der Waals surface area contributed by atoms with Gasteiger partial charge >= 0.3 is 0 Å². The van der Waals surface area contributed by atoms with Gasteiger partial charge in [-0.15, -0.1) is 0 Å². The fraction of sp³-hybridized carbons (Fsp3) is 0.333. The van der Waals surface area contributed by atoms with Crippen molar-refractivity contribution in [2.24, 2.45) is 10.5 Å². The number of nitrogens with zero attached hydrogens (tertiary/aromatic N) is 5. The third kappa shape index (κ3) is 3.33. The molecule has 2 fully saturated rings. The van der Waals surface area contributed by atoms with E-state index in [4.69, 9.17) is 17.2 Å². The number of nitrogens with one attached hydrogen (secondary N) is 1. The number of rotatable bonds is 2. The lowest BCUT2D eigenvalue weighted by molar-refractivity contribution is 0.0284. The van der Waals surface area contributed by atoms with Gasteiger partial charge < -0.3 is 9.80 Å². The topological polar surface area (TPSA) is 56.7 Å². The Labute approximate surface area is 187 Å². The summed E-state index contributed by atoms with van der Waals surface area (Å²) in [6.45, 7) is 4.01. The summed E-state index contributed by atoms with van der Waals surface area (Å²) >= 11 is 5.61. The lowest BCUT2D eigenvalue weighted by Crippen LogP contribution is -2.73. The zero-order valence-corrected chi connectivity index (χ0v) is 18.1. The van der Waals surface area contributed by atoms with Crippen molar-refractivity contribution >= 4 is 39.8 Å². The fourth-order valence-corrected chi connectivity index (χ4v) is 5.20. The van der Waals surface area contributed by atoms with E-state index in [0.29, 0.717) is 10.5 Å². The summed E-state index contributed by atoms with van der Waals surface area (Å²) in [6, 6.07) is 16.7. The standard InChI is InChI=1S/C24H24N6S/c31-23(28-27-20-9-3-6-18-7-4-12-25-22(18)20)30-15-24(16-30)13-29(14-24)21-11-10-17-5-1-2-8-19(17)26-21/h1-2,4-5,7-8,10-12H,3,6,9,13-16H2,(H,28,31)/b27-20-. The van der Waals surface area contributed by atoms with E-state index < -0.39 is 0 Å². The van der Waals surface area contributed by atoms with Crippen LogP contribution in [0.2, 0.25) is 0 Å². The van der Waals surface area contributed by atoms with Crippen molar-refractivity contribution in [2.75, 3.05) is 31.1 Å². The molecule has 156 valence electrons. The minimum Gasteiger partial charge on any atom is -0.355 e. The Balaban J connectivity index is 1.05. The molecule has 0 saturated carbocycles. The maximum atomic E-state index is 5.61. The third-order valence-electron chi connectivity index (χ3n) is 6.61. The molecular formula is C24H24N6S. The highest BCUT2D eigenvalue weighted by Crippen LogP contribution is 2.41. The number of anilines is 1. The van der Waals surface area contributed by atoms with E-state index in [0.717, 1.165) is 68.2 Å². The van der Waals surface area contributed by atoms with Crippen LogP contribution < -0.4 is 10.3 Å². The van der Waals surface area contributed by atoms with Crippen LogP contribution in [0.15, 0.2) is 59.8 Å². The van der Waals surface area contributed by atoms with Crippen molar-refractivity contribution in [3.8, 4) is 0 Å². The van der Waals surface area contributed by atoms with Crippen molar-refractivity contribution in [1.82, 2.24) is 20.3 Å². The molecule has 7 heteroatoms. The molecule has 4 heterocycles. The molecule has 31 heavy (non-hydrogen) atoms. The quantitative estimate of drug-likeness (QED) is 0.499. The second-order valence-electron chi connectivity index (χ2n) is 8.91. The first kappa shape index (κ1) is 18.7. The summed E-state index contributed by atoms with van der Waals surface area (Å²) in [5.74, 6) is 1.07. The average Bonchev–Trinajstić information content (AvgIpc) is 2.75. The number of pyridine rings is 2. The van der Waals surface area contributed by atoms with Gasteiger partial charge in [0.2, 0.25) is 0 Å². The number of aromatic nitrogens is 2. The monoisotopic (exact) mass is 428 g/mol. The van der Waals surface area contributed by atoms with E-state index in [1.165, 1.54) is 10.9 Å². The maximum Gasteiger partial charge on any atom is 0.189 e. The van der Waals surface area contributed by atoms with Crippen LogP contribution in [0.3, 0.4) is 0 Å². The minimum absolute atomic E-state index is 0.325. The summed E-state index contributed by atoms with van der Waals surface area (Å²) in [5.41, 5.74) is 7.81. The molecule has 6 rings (SSSR count). The first-order valence-corrected chi connectivity index (χ1v) is 11.3. The molecule has 1 N–H and O–H groups in total. The SMILES string of the molecule is S=C(N/N=C1/CCCc2cccnc21)N1CC2(C1)CN(c1ccc3ccccc3n1)C2. The molecule has 3 aromatic rings. The molecule has 1 aromatic carbocycles. The number of para-hydroxylation sites is 1. The lowest BCUT2D eigenvalue weighted by atomic mass is 9.73. The first-order valence-electron chi connectivity index (χ1n) is 10.9. The predicted molar refractivity (Wildman–Crippen MR) is 127 cm³/mol. The number of likely N-dealkylation sites (tertiary alicyclic amines) is 1. The summed E-state index contributed by atoms with van der Waals surface area (Å²) in [5, 5.41) is 6.51. The van der Waals surface area contributed by atoms with E-state index in [-0.39, 0.29) is 0 Å². The number of fused-ring (bicyclic) bond motifs is 2. The zero-order valence-electron chi connectivity index (χ0n) is 17.3. The van der Waals surface area contributed by atoms with Crippen LogP contribution in [0.4, 0.5) is 5.82 Å². The molecule has 2 saturated heterocycles. The Morgan fingerprint density at radius 2 is 1.87 bits per heavy atom. The first-order chi connectivity index (χ1) is 15.2. The Morgan fingerprint density at radius 3 is 2.77 bits per heavy atom. The van der Waals surface area contributed by atoms with E-state index in [9.17, 15) is 0 Å². The number of hydrogen-bond donors (Lipinski definition) is 1. The Bertz CT molecular complexity index is 1190. The molecule has 0 atom stereocenters. The Kier molecular flexibility index (Phi) is 4.38. The van der Waals surface area contributed by atoms with Gasteiger partial charge in [-0.05, 0) is 61.3 Å². The summed E-state index contributed by atoms with van der Waals surface area (Å²) in [4.78, 5) is 13.9. The minimum atomic E-state index is 0.325. The van der Waals surface area contributed by atoms with Crippen molar-refractivity contribution in [1.29, 1.82) is 0 Å². The lowest BCUT2D eigenvalue weighted by Gasteiger charge is -2.60. The molecule has 3 aliphatic rings. The second-order valence-corrected chi connectivity index (χ2v) is 9.30. The number of hydrogen-bond acceptors (Lipinski definition) is 5. The van der Waals surface area contributed by atoms with E-state index in [1.54, 1.807) is 0 Å². The van der Waals surface area contributed by atoms with Gasteiger partial charge in [-0.25, -0.2) is 4.98 Å². The Hall–Kier alpha value is -3.06. The smallest absolute Gasteiger partial charge is 0.189 e. The van der Waals surface area contributed by atoms with Gasteiger partial charge in [-0.1, -0.05) is 24.3 Å². The van der Waals surface area contributed by atoms with Crippen molar-refractivity contribution < 1.29 is 0 Å². The number of benzene rings is 1. The molecular weight excluding hydrogens is 404 g/mol. The van der Waals surface area contributed by atoms with Crippen LogP contribution in [0.5, 0.6) is 0 Å². The molecule has 0 radical (unpaired) electrons. The molecule has 0 bridgehead atoms. The van der Waals surface area contributed by atoms with Crippen LogP contribution in [0, 0.1) is 5.41 Å². The predicted octanol–water partition coefficient (Wildman–Crippen LogP) is 3.37. The van der Waals surface area contributed by atoms with Gasteiger partial charge in [0.1, 0.15) is 5.82 Å². The van der Waals surface area contributed by atoms with Crippen molar-refractivity contribution in [3.63, 3.8) is 0 Å². The van der Waals surface area contributed by atoms with Gasteiger partial charge in [-0.3, -0.25) is 10.4 Å². The van der Waals surface area contributed by atoms with Gasteiger partial charge in [-0.2, -0.15) is 5.10 Å².